The Labute approximate surface area is 152 Å². The SMILES string of the molecule is CCOc1nn(-c2ccnc(NC3CCC(O)CC3)n2)c2ccccc12. The summed E-state index contributed by atoms with van der Waals surface area (Å²) in [5.74, 6) is 1.89. The summed E-state index contributed by atoms with van der Waals surface area (Å²) < 4.78 is 7.46. The first kappa shape index (κ1) is 16.8. The van der Waals surface area contributed by atoms with E-state index in [1.807, 2.05) is 37.3 Å². The van der Waals surface area contributed by atoms with E-state index in [1.54, 1.807) is 10.9 Å². The summed E-state index contributed by atoms with van der Waals surface area (Å²) in [6, 6.07) is 10.1. The van der Waals surface area contributed by atoms with Crippen molar-refractivity contribution in [1.82, 2.24) is 19.7 Å². The van der Waals surface area contributed by atoms with Crippen LogP contribution in [0.1, 0.15) is 32.6 Å². The smallest absolute Gasteiger partial charge is 0.241 e. The summed E-state index contributed by atoms with van der Waals surface area (Å²) in [6.07, 6.45) is 5.05. The lowest BCUT2D eigenvalue weighted by molar-refractivity contribution is 0.126. The molecule has 0 bridgehead atoms. The van der Waals surface area contributed by atoms with Crippen molar-refractivity contribution in [2.75, 3.05) is 11.9 Å². The molecule has 7 heteroatoms. The van der Waals surface area contributed by atoms with E-state index in [0.717, 1.165) is 36.6 Å². The van der Waals surface area contributed by atoms with Gasteiger partial charge in [0.2, 0.25) is 11.8 Å². The number of nitrogens with zero attached hydrogens (tertiary/aromatic N) is 4. The highest BCUT2D eigenvalue weighted by molar-refractivity contribution is 5.85. The van der Waals surface area contributed by atoms with E-state index < -0.39 is 0 Å². The van der Waals surface area contributed by atoms with Gasteiger partial charge >= 0.3 is 0 Å². The number of ether oxygens (including phenoxy) is 1. The Bertz CT molecular complexity index is 887. The van der Waals surface area contributed by atoms with Gasteiger partial charge in [-0.15, -0.1) is 5.10 Å². The molecule has 3 aromatic rings. The summed E-state index contributed by atoms with van der Waals surface area (Å²) in [5.41, 5.74) is 0.946. The highest BCUT2D eigenvalue weighted by atomic mass is 16.5. The minimum absolute atomic E-state index is 0.173. The number of fused-ring (bicyclic) bond motifs is 1. The number of para-hydroxylation sites is 1. The summed E-state index contributed by atoms with van der Waals surface area (Å²) in [4.78, 5) is 8.98. The van der Waals surface area contributed by atoms with Crippen LogP contribution in [0.4, 0.5) is 5.95 Å². The molecule has 0 unspecified atom stereocenters. The Morgan fingerprint density at radius 1 is 1.19 bits per heavy atom. The van der Waals surface area contributed by atoms with E-state index in [9.17, 15) is 5.11 Å². The van der Waals surface area contributed by atoms with Gasteiger partial charge in [-0.3, -0.25) is 0 Å². The predicted molar refractivity (Wildman–Crippen MR) is 99.7 cm³/mol. The van der Waals surface area contributed by atoms with Crippen molar-refractivity contribution in [2.24, 2.45) is 0 Å². The molecule has 7 nitrogen and oxygen atoms in total. The Morgan fingerprint density at radius 3 is 2.81 bits per heavy atom. The molecule has 26 heavy (non-hydrogen) atoms. The van der Waals surface area contributed by atoms with Gasteiger partial charge in [0, 0.05) is 18.3 Å². The molecule has 1 aliphatic carbocycles. The van der Waals surface area contributed by atoms with Crippen LogP contribution < -0.4 is 10.1 Å². The largest absolute Gasteiger partial charge is 0.476 e. The Hall–Kier alpha value is -2.67. The Kier molecular flexibility index (Phi) is 4.71. The number of benzene rings is 1. The van der Waals surface area contributed by atoms with Crippen LogP contribution >= 0.6 is 0 Å². The fraction of sp³-hybridized carbons (Fsp3) is 0.421. The monoisotopic (exact) mass is 353 g/mol. The van der Waals surface area contributed by atoms with Crippen LogP contribution in [0.3, 0.4) is 0 Å². The molecule has 1 fully saturated rings. The van der Waals surface area contributed by atoms with Crippen molar-refractivity contribution in [3.63, 3.8) is 0 Å². The first-order valence-electron chi connectivity index (χ1n) is 9.13. The number of aliphatic hydroxyl groups is 1. The molecule has 0 amide bonds. The summed E-state index contributed by atoms with van der Waals surface area (Å²) in [7, 11) is 0. The predicted octanol–water partition coefficient (Wildman–Crippen LogP) is 2.93. The standard InChI is InChI=1S/C19H23N5O2/c1-2-26-18-15-5-3-4-6-16(15)24(23-18)17-11-12-20-19(22-17)21-13-7-9-14(25)10-8-13/h3-6,11-14,25H,2,7-10H2,1H3,(H,20,21,22). The molecule has 2 heterocycles. The second-order valence-corrected chi connectivity index (χ2v) is 6.56. The van der Waals surface area contributed by atoms with Crippen LogP contribution in [-0.4, -0.2) is 43.6 Å². The second kappa shape index (κ2) is 7.29. The quantitative estimate of drug-likeness (QED) is 0.734. The van der Waals surface area contributed by atoms with Gasteiger partial charge in [0.05, 0.1) is 23.6 Å². The van der Waals surface area contributed by atoms with E-state index in [2.05, 4.69) is 20.4 Å². The van der Waals surface area contributed by atoms with Crippen molar-refractivity contribution in [1.29, 1.82) is 0 Å². The highest BCUT2D eigenvalue weighted by Gasteiger charge is 2.20. The van der Waals surface area contributed by atoms with Crippen LogP contribution in [-0.2, 0) is 0 Å². The number of anilines is 1. The molecule has 0 aliphatic heterocycles. The Morgan fingerprint density at radius 2 is 2.00 bits per heavy atom. The van der Waals surface area contributed by atoms with E-state index in [-0.39, 0.29) is 6.10 Å². The normalized spacial score (nSPS) is 20.2. The van der Waals surface area contributed by atoms with Crippen molar-refractivity contribution < 1.29 is 9.84 Å². The van der Waals surface area contributed by atoms with Crippen LogP contribution in [0.25, 0.3) is 16.7 Å². The van der Waals surface area contributed by atoms with E-state index in [4.69, 9.17) is 4.74 Å². The molecular formula is C19H23N5O2. The van der Waals surface area contributed by atoms with Gasteiger partial charge in [0.25, 0.3) is 0 Å². The third kappa shape index (κ3) is 3.35. The lowest BCUT2D eigenvalue weighted by Gasteiger charge is -2.26. The zero-order valence-corrected chi connectivity index (χ0v) is 14.8. The average molecular weight is 353 g/mol. The molecule has 4 rings (SSSR count). The molecule has 136 valence electrons. The molecular weight excluding hydrogens is 330 g/mol. The van der Waals surface area contributed by atoms with Crippen molar-refractivity contribution in [2.45, 2.75) is 44.8 Å². The van der Waals surface area contributed by atoms with Gasteiger partial charge < -0.3 is 15.2 Å². The number of aromatic nitrogens is 4. The average Bonchev–Trinajstić information content (AvgIpc) is 3.03. The van der Waals surface area contributed by atoms with Crippen molar-refractivity contribution in [3.8, 4) is 11.7 Å². The lowest BCUT2D eigenvalue weighted by atomic mass is 9.93. The summed E-state index contributed by atoms with van der Waals surface area (Å²) >= 11 is 0. The number of rotatable bonds is 5. The van der Waals surface area contributed by atoms with Crippen LogP contribution in [0, 0.1) is 0 Å². The molecule has 0 atom stereocenters. The molecule has 1 saturated carbocycles. The number of aliphatic hydroxyl groups excluding tert-OH is 1. The maximum absolute atomic E-state index is 9.65. The molecule has 0 radical (unpaired) electrons. The summed E-state index contributed by atoms with van der Waals surface area (Å²) in [5, 5.41) is 18.6. The van der Waals surface area contributed by atoms with Gasteiger partial charge in [0.15, 0.2) is 5.82 Å². The van der Waals surface area contributed by atoms with E-state index in [1.165, 1.54) is 0 Å². The van der Waals surface area contributed by atoms with Crippen LogP contribution in [0.2, 0.25) is 0 Å². The molecule has 2 N–H and O–H groups in total. The number of hydrogen-bond acceptors (Lipinski definition) is 6. The fourth-order valence-electron chi connectivity index (χ4n) is 3.40. The molecule has 1 aliphatic rings. The van der Waals surface area contributed by atoms with Gasteiger partial charge in [-0.2, -0.15) is 4.98 Å². The molecule has 1 aromatic carbocycles. The maximum Gasteiger partial charge on any atom is 0.241 e. The minimum atomic E-state index is -0.173. The zero-order valence-electron chi connectivity index (χ0n) is 14.8. The van der Waals surface area contributed by atoms with Crippen LogP contribution in [0.15, 0.2) is 36.5 Å². The number of hydrogen-bond donors (Lipinski definition) is 2. The van der Waals surface area contributed by atoms with Crippen molar-refractivity contribution in [3.05, 3.63) is 36.5 Å². The molecule has 0 saturated heterocycles. The lowest BCUT2D eigenvalue weighted by Crippen LogP contribution is -2.29. The highest BCUT2D eigenvalue weighted by Crippen LogP contribution is 2.27. The van der Waals surface area contributed by atoms with Gasteiger partial charge in [0.1, 0.15) is 0 Å². The van der Waals surface area contributed by atoms with Crippen LogP contribution in [0.5, 0.6) is 5.88 Å². The fourth-order valence-corrected chi connectivity index (χ4v) is 3.40. The second-order valence-electron chi connectivity index (χ2n) is 6.56. The van der Waals surface area contributed by atoms with Crippen molar-refractivity contribution >= 4 is 16.9 Å². The van der Waals surface area contributed by atoms with Gasteiger partial charge in [-0.05, 0) is 44.7 Å². The van der Waals surface area contributed by atoms with E-state index in [0.29, 0.717) is 30.3 Å². The first-order valence-corrected chi connectivity index (χ1v) is 9.13. The van der Waals surface area contributed by atoms with Gasteiger partial charge in [-0.1, -0.05) is 12.1 Å². The van der Waals surface area contributed by atoms with Gasteiger partial charge in [-0.25, -0.2) is 9.67 Å². The molecule has 0 spiro atoms. The zero-order chi connectivity index (χ0) is 17.9. The third-order valence-electron chi connectivity index (χ3n) is 4.72. The molecule has 2 aromatic heterocycles. The topological polar surface area (TPSA) is 85.1 Å². The minimum Gasteiger partial charge on any atom is -0.476 e. The number of nitrogens with one attached hydrogen (secondary N) is 1. The third-order valence-corrected chi connectivity index (χ3v) is 4.72. The van der Waals surface area contributed by atoms with E-state index >= 15 is 0 Å². The Balaban J connectivity index is 1.63. The summed E-state index contributed by atoms with van der Waals surface area (Å²) in [6.45, 7) is 2.51. The maximum atomic E-state index is 9.65. The first-order chi connectivity index (χ1) is 12.7.